The van der Waals surface area contributed by atoms with Crippen LogP contribution in [0.3, 0.4) is 0 Å². The average Bonchev–Trinajstić information content (AvgIpc) is 1.39. The van der Waals surface area contributed by atoms with Gasteiger partial charge < -0.3 is 8.83 Å². The van der Waals surface area contributed by atoms with Gasteiger partial charge in [-0.25, -0.2) is 0 Å². The van der Waals surface area contributed by atoms with Gasteiger partial charge in [0, 0.05) is 49.1 Å². The van der Waals surface area contributed by atoms with Crippen molar-refractivity contribution >= 4 is 109 Å². The van der Waals surface area contributed by atoms with Crippen molar-refractivity contribution in [2.75, 3.05) is 0 Å². The summed E-state index contributed by atoms with van der Waals surface area (Å²) in [5.41, 5.74) is 26.7. The molecule has 2 aromatic heterocycles. The van der Waals surface area contributed by atoms with E-state index in [-0.39, 0.29) is 10.8 Å². The van der Waals surface area contributed by atoms with Crippen LogP contribution in [0.5, 0.6) is 0 Å². The molecule has 0 saturated heterocycles. The molecule has 0 unspecified atom stereocenters. The summed E-state index contributed by atoms with van der Waals surface area (Å²) in [7, 11) is 0. The molecule has 0 fully saturated rings. The fourth-order valence-corrected chi connectivity index (χ4v) is 17.8. The largest absolute Gasteiger partial charge is 0.455 e. The summed E-state index contributed by atoms with van der Waals surface area (Å²) in [4.78, 5) is 0. The zero-order chi connectivity index (χ0) is 65.1. The van der Waals surface area contributed by atoms with E-state index in [1.54, 1.807) is 0 Å². The van der Waals surface area contributed by atoms with E-state index in [1.807, 2.05) is 12.1 Å². The van der Waals surface area contributed by atoms with Crippen molar-refractivity contribution in [3.63, 3.8) is 0 Å². The Balaban J connectivity index is 0.000000134. The second-order valence-corrected chi connectivity index (χ2v) is 28.0. The molecule has 2 nitrogen and oxygen atoms in total. The first-order valence-corrected chi connectivity index (χ1v) is 34.3. The Hall–Kier alpha value is -12.1. The molecule has 19 aromatic rings. The molecular weight excluding hydrogens is 1190 g/mol. The summed E-state index contributed by atoms with van der Waals surface area (Å²) in [6.45, 7) is 9.52. The minimum Gasteiger partial charge on any atom is -0.455 e. The summed E-state index contributed by atoms with van der Waals surface area (Å²) in [6, 6.07) is 116. The van der Waals surface area contributed by atoms with Crippen molar-refractivity contribution in [3.05, 3.63) is 338 Å². The smallest absolute Gasteiger partial charge is 0.143 e. The van der Waals surface area contributed by atoms with Crippen molar-refractivity contribution in [1.82, 2.24) is 0 Å². The summed E-state index contributed by atoms with van der Waals surface area (Å²) in [6.07, 6.45) is 0. The SMILES string of the molecule is CC1(C)c2ccc(-c3c4ccccc4c(-c4cccc(-c5cccc6c5oc5ccccc56)c4)c4ccccc34)cc2-c2ccc3ccccc3c21.CC1(C)c2ccc(-c3c4ccccc4c(-c4cccc5c4oc4ccccc45)c4ccccc34)cc2-c2ccc3ccccc3c21. The molecule has 0 aliphatic heterocycles. The molecule has 17 aromatic carbocycles. The molecule has 0 amide bonds. The quantitative estimate of drug-likeness (QED) is 0.161. The van der Waals surface area contributed by atoms with Gasteiger partial charge in [0.15, 0.2) is 0 Å². The van der Waals surface area contributed by atoms with Crippen molar-refractivity contribution in [2.45, 2.75) is 38.5 Å². The summed E-state index contributed by atoms with van der Waals surface area (Å²) < 4.78 is 13.1. The normalized spacial score (nSPS) is 13.5. The Morgan fingerprint density at radius 2 is 0.531 bits per heavy atom. The van der Waals surface area contributed by atoms with Crippen LogP contribution in [-0.4, -0.2) is 0 Å². The van der Waals surface area contributed by atoms with Gasteiger partial charge in [-0.1, -0.05) is 313 Å². The van der Waals surface area contributed by atoms with Crippen LogP contribution in [0.4, 0.5) is 0 Å². The van der Waals surface area contributed by atoms with Crippen molar-refractivity contribution in [3.8, 4) is 77.9 Å². The van der Waals surface area contributed by atoms with Gasteiger partial charge in [0.2, 0.25) is 0 Å². The number of hydrogen-bond donors (Lipinski definition) is 0. The van der Waals surface area contributed by atoms with Crippen LogP contribution in [0.1, 0.15) is 49.9 Å². The Kier molecular flexibility index (Phi) is 12.2. The lowest BCUT2D eigenvalue weighted by Crippen LogP contribution is -2.15. The Labute approximate surface area is 567 Å². The van der Waals surface area contributed by atoms with Gasteiger partial charge in [0.05, 0.1) is 0 Å². The summed E-state index contributed by atoms with van der Waals surface area (Å²) in [5.74, 6) is 0. The highest BCUT2D eigenvalue weighted by molar-refractivity contribution is 6.25. The molecule has 0 spiro atoms. The van der Waals surface area contributed by atoms with Gasteiger partial charge in [-0.2, -0.15) is 0 Å². The Morgan fingerprint density at radius 3 is 0.969 bits per heavy atom. The van der Waals surface area contributed by atoms with E-state index in [1.165, 1.54) is 148 Å². The van der Waals surface area contributed by atoms with Gasteiger partial charge >= 0.3 is 0 Å². The van der Waals surface area contributed by atoms with Crippen LogP contribution in [0.25, 0.3) is 186 Å². The fourth-order valence-electron chi connectivity index (χ4n) is 17.8. The molecule has 2 aliphatic rings. The highest BCUT2D eigenvalue weighted by atomic mass is 16.3. The van der Waals surface area contributed by atoms with Gasteiger partial charge in [-0.15, -0.1) is 0 Å². The molecule has 0 radical (unpaired) electrons. The molecule has 98 heavy (non-hydrogen) atoms. The minimum atomic E-state index is -0.0875. The summed E-state index contributed by atoms with van der Waals surface area (Å²) >= 11 is 0. The fraction of sp³-hybridized carbons (Fsp3) is 0.0625. The number of furan rings is 2. The van der Waals surface area contributed by atoms with Crippen LogP contribution in [-0.2, 0) is 10.8 Å². The van der Waals surface area contributed by atoms with E-state index in [4.69, 9.17) is 8.83 Å². The molecular formula is C96H64O2. The van der Waals surface area contributed by atoms with Crippen LogP contribution in [0.2, 0.25) is 0 Å². The van der Waals surface area contributed by atoms with Crippen molar-refractivity contribution in [2.24, 2.45) is 0 Å². The first kappa shape index (κ1) is 56.3. The van der Waals surface area contributed by atoms with Gasteiger partial charge in [0.1, 0.15) is 22.3 Å². The third kappa shape index (κ3) is 8.16. The molecule has 2 heteroatoms. The lowest BCUT2D eigenvalue weighted by molar-refractivity contribution is 0.666. The number of benzene rings is 17. The monoisotopic (exact) mass is 1250 g/mol. The van der Waals surface area contributed by atoms with Gasteiger partial charge in [-0.3, -0.25) is 0 Å². The second-order valence-electron chi connectivity index (χ2n) is 28.0. The van der Waals surface area contributed by atoms with E-state index in [9.17, 15) is 0 Å². The third-order valence-corrected chi connectivity index (χ3v) is 22.1. The number of rotatable bonds is 5. The standard InChI is InChI=1S/C51H34O.C45H30O/c1-51(2)45-28-26-34(30-44(45)42-27-25-31-13-3-4-16-35(31)49(42)51)48-40-20-7-5-18-38(40)47(39-19-6-8-21-41(39)48)33-15-11-14-32(29-33)36-22-12-23-43-37-17-9-10-24-46(37)52-50(36)43;1-45(2)39-25-23-28(26-38(39)35-24-22-27-12-3-4-13-29(27)43(35)45)41-31-15-5-7-17-33(31)42(34-18-8-6-16-32(34)41)37-20-11-19-36-30-14-9-10-21-40(30)46-44(36)37/h3-30H,1-2H3;3-26H,1-2H3. The van der Waals surface area contributed by atoms with E-state index in [2.05, 4.69) is 331 Å². The predicted molar refractivity (Wildman–Crippen MR) is 415 cm³/mol. The van der Waals surface area contributed by atoms with Crippen LogP contribution in [0.15, 0.2) is 324 Å². The molecule has 2 aliphatic carbocycles. The maximum Gasteiger partial charge on any atom is 0.143 e. The Morgan fingerprint density at radius 1 is 0.204 bits per heavy atom. The van der Waals surface area contributed by atoms with E-state index < -0.39 is 0 Å². The minimum absolute atomic E-state index is 0.0800. The maximum atomic E-state index is 6.58. The summed E-state index contributed by atoms with van der Waals surface area (Å²) in [5, 5.41) is 19.9. The molecule has 0 atom stereocenters. The van der Waals surface area contributed by atoms with E-state index >= 15 is 0 Å². The van der Waals surface area contributed by atoms with Crippen LogP contribution >= 0.6 is 0 Å². The number of para-hydroxylation sites is 4. The van der Waals surface area contributed by atoms with Crippen LogP contribution < -0.4 is 0 Å². The molecule has 0 N–H and O–H groups in total. The maximum absolute atomic E-state index is 6.58. The number of fused-ring (bicyclic) bond motifs is 20. The number of hydrogen-bond acceptors (Lipinski definition) is 2. The van der Waals surface area contributed by atoms with E-state index in [0.29, 0.717) is 0 Å². The topological polar surface area (TPSA) is 26.3 Å². The van der Waals surface area contributed by atoms with Gasteiger partial charge in [-0.05, 0) is 178 Å². The lowest BCUT2D eigenvalue weighted by atomic mass is 9.80. The van der Waals surface area contributed by atoms with Gasteiger partial charge in [0.25, 0.3) is 0 Å². The van der Waals surface area contributed by atoms with Crippen molar-refractivity contribution in [1.29, 1.82) is 0 Å². The highest BCUT2D eigenvalue weighted by Gasteiger charge is 2.39. The van der Waals surface area contributed by atoms with Crippen molar-refractivity contribution < 1.29 is 8.83 Å². The molecule has 21 rings (SSSR count). The Bertz CT molecular complexity index is 6510. The first-order chi connectivity index (χ1) is 48.2. The zero-order valence-corrected chi connectivity index (χ0v) is 54.8. The third-order valence-electron chi connectivity index (χ3n) is 22.1. The highest BCUT2D eigenvalue weighted by Crippen LogP contribution is 2.56. The van der Waals surface area contributed by atoms with Crippen LogP contribution in [0, 0.1) is 0 Å². The first-order valence-electron chi connectivity index (χ1n) is 34.3. The molecule has 0 saturated carbocycles. The molecule has 460 valence electrons. The zero-order valence-electron chi connectivity index (χ0n) is 54.8. The van der Waals surface area contributed by atoms with E-state index in [0.717, 1.165) is 60.6 Å². The average molecular weight is 1250 g/mol. The molecule has 2 heterocycles. The lowest BCUT2D eigenvalue weighted by Gasteiger charge is -2.23. The molecule has 0 bridgehead atoms. The predicted octanol–water partition coefficient (Wildman–Crippen LogP) is 27.0. The second kappa shape index (κ2) is 21.2.